The Kier molecular flexibility index (Phi) is 6.10. The highest BCUT2D eigenvalue weighted by Crippen LogP contribution is 2.60. The van der Waals surface area contributed by atoms with Gasteiger partial charge < -0.3 is 14.0 Å². The number of fused-ring (bicyclic) bond motifs is 9. The fraction of sp³-hybridized carbons (Fsp3) is 0. The molecular formula is C46H28NO2PS. The van der Waals surface area contributed by atoms with Gasteiger partial charge in [-0.25, -0.2) is 0 Å². The van der Waals surface area contributed by atoms with Crippen molar-refractivity contribution < 1.29 is 9.47 Å². The Bertz CT molecular complexity index is 2840. The van der Waals surface area contributed by atoms with E-state index in [9.17, 15) is 0 Å². The smallest absolute Gasteiger partial charge is 0.142 e. The van der Waals surface area contributed by atoms with Crippen LogP contribution in [0.2, 0.25) is 0 Å². The van der Waals surface area contributed by atoms with Crippen LogP contribution in [0, 0.1) is 0 Å². The van der Waals surface area contributed by atoms with Crippen LogP contribution >= 0.6 is 6.04 Å². The minimum Gasteiger partial charge on any atom is -0.456 e. The Hall–Kier alpha value is -5.93. The van der Waals surface area contributed by atoms with Gasteiger partial charge in [-0.1, -0.05) is 127 Å². The number of nitrogens with zero attached hydrogens (tertiary/aromatic N) is 1. The summed E-state index contributed by atoms with van der Waals surface area (Å²) in [5.74, 6) is 3.17. The molecule has 0 amide bonds. The van der Waals surface area contributed by atoms with E-state index in [4.69, 9.17) is 21.3 Å². The van der Waals surface area contributed by atoms with E-state index in [1.165, 1.54) is 33.0 Å². The highest BCUT2D eigenvalue weighted by atomic mass is 32.4. The van der Waals surface area contributed by atoms with Crippen LogP contribution in [0.25, 0.3) is 60.5 Å². The van der Waals surface area contributed by atoms with Crippen molar-refractivity contribution in [1.82, 2.24) is 4.57 Å². The maximum atomic E-state index is 6.95. The summed E-state index contributed by atoms with van der Waals surface area (Å²) >= 11 is 6.95. The second-order valence-corrected chi connectivity index (χ2v) is 17.5. The van der Waals surface area contributed by atoms with Crippen LogP contribution in [-0.4, -0.2) is 4.57 Å². The van der Waals surface area contributed by atoms with E-state index >= 15 is 0 Å². The van der Waals surface area contributed by atoms with Gasteiger partial charge in [0.25, 0.3) is 0 Å². The molecule has 0 fully saturated rings. The van der Waals surface area contributed by atoms with Crippen LogP contribution in [0.4, 0.5) is 0 Å². The molecule has 0 saturated heterocycles. The fourth-order valence-corrected chi connectivity index (χ4v) is 12.9. The summed E-state index contributed by atoms with van der Waals surface area (Å²) < 4.78 is 16.0. The topological polar surface area (TPSA) is 23.4 Å². The lowest BCUT2D eigenvalue weighted by Gasteiger charge is -2.38. The summed E-state index contributed by atoms with van der Waals surface area (Å²) in [5, 5.41) is 7.83. The number of hydrogen-bond donors (Lipinski definition) is 0. The molecule has 0 aliphatic carbocycles. The molecule has 9 aromatic rings. The molecule has 1 unspecified atom stereocenters. The van der Waals surface area contributed by atoms with Crippen LogP contribution in [-0.2, 0) is 11.8 Å². The van der Waals surface area contributed by atoms with E-state index in [1.807, 2.05) is 6.07 Å². The van der Waals surface area contributed by atoms with Gasteiger partial charge in [0, 0.05) is 33.5 Å². The summed E-state index contributed by atoms with van der Waals surface area (Å²) in [6.07, 6.45) is 0. The van der Waals surface area contributed by atoms with Crippen LogP contribution in [0.5, 0.6) is 23.0 Å². The number of benzene rings is 8. The van der Waals surface area contributed by atoms with Crippen LogP contribution in [0.15, 0.2) is 170 Å². The van der Waals surface area contributed by atoms with Crippen molar-refractivity contribution in [3.8, 4) is 50.9 Å². The molecule has 0 spiro atoms. The average Bonchev–Trinajstić information content (AvgIpc) is 3.51. The first-order valence-corrected chi connectivity index (χ1v) is 19.9. The van der Waals surface area contributed by atoms with Gasteiger partial charge in [-0.3, -0.25) is 0 Å². The van der Waals surface area contributed by atoms with Crippen molar-refractivity contribution in [2.75, 3.05) is 0 Å². The lowest BCUT2D eigenvalue weighted by molar-refractivity contribution is 0.466. The Morgan fingerprint density at radius 1 is 0.412 bits per heavy atom. The SMILES string of the molecule is S=P12c3ccccc3Oc3cc(-n4c5ccc(-c6ccccc6)cc5c5cc(-c6ccccc6)ccc54)cc(c31)Oc1ccc3ccccc3c12. The first-order valence-electron chi connectivity index (χ1n) is 17.1. The van der Waals surface area contributed by atoms with Crippen molar-refractivity contribution in [1.29, 1.82) is 0 Å². The number of para-hydroxylation sites is 1. The van der Waals surface area contributed by atoms with E-state index < -0.39 is 6.04 Å². The summed E-state index contributed by atoms with van der Waals surface area (Å²) in [4.78, 5) is 0. The molecule has 1 aromatic heterocycles. The molecule has 0 N–H and O–H groups in total. The Morgan fingerprint density at radius 2 is 0.980 bits per heavy atom. The number of hydrogen-bond acceptors (Lipinski definition) is 3. The van der Waals surface area contributed by atoms with Crippen LogP contribution in [0.3, 0.4) is 0 Å². The van der Waals surface area contributed by atoms with Crippen molar-refractivity contribution in [3.05, 3.63) is 170 Å². The maximum absolute atomic E-state index is 6.95. The second kappa shape index (κ2) is 10.8. The van der Waals surface area contributed by atoms with E-state index in [2.05, 4.69) is 168 Å². The molecule has 0 saturated carbocycles. The van der Waals surface area contributed by atoms with E-state index in [1.54, 1.807) is 0 Å². The third kappa shape index (κ3) is 4.15. The molecule has 240 valence electrons. The first-order chi connectivity index (χ1) is 25.1. The van der Waals surface area contributed by atoms with Gasteiger partial charge in [0.1, 0.15) is 23.0 Å². The van der Waals surface area contributed by atoms with E-state index in [0.29, 0.717) is 0 Å². The van der Waals surface area contributed by atoms with E-state index in [0.717, 1.165) is 66.4 Å². The summed E-state index contributed by atoms with van der Waals surface area (Å²) in [6.45, 7) is 0. The molecule has 0 radical (unpaired) electrons. The second-order valence-electron chi connectivity index (χ2n) is 13.2. The van der Waals surface area contributed by atoms with Crippen LogP contribution in [0.1, 0.15) is 0 Å². The van der Waals surface area contributed by atoms with Gasteiger partial charge in [0.05, 0.1) is 28.1 Å². The number of ether oxygens (including phenoxy) is 2. The first kappa shape index (κ1) is 28.9. The standard InChI is InChI=1S/C46H28NO2PS/c51-50-44-18-10-9-17-40(44)48-42-27-34(28-43(46(42)50)49-41-24-21-31-15-7-8-16-35(31)45(41)50)47-38-22-19-32(29-11-3-1-4-12-29)25-36(38)37-26-33(20-23-39(37)47)30-13-5-2-6-14-30/h1-28H. The zero-order chi connectivity index (χ0) is 33.7. The molecule has 3 heterocycles. The van der Waals surface area contributed by atoms with E-state index in [-0.39, 0.29) is 0 Å². The van der Waals surface area contributed by atoms with Gasteiger partial charge in [-0.2, -0.15) is 0 Å². The molecule has 2 aliphatic heterocycles. The third-order valence-corrected chi connectivity index (χ3v) is 15.3. The quantitative estimate of drug-likeness (QED) is 0.173. The lowest BCUT2D eigenvalue weighted by atomic mass is 10.0. The van der Waals surface area contributed by atoms with Crippen molar-refractivity contribution in [2.24, 2.45) is 0 Å². The normalized spacial score (nSPS) is 15.5. The van der Waals surface area contributed by atoms with Gasteiger partial charge in [0.15, 0.2) is 0 Å². The monoisotopic (exact) mass is 689 g/mol. The fourth-order valence-electron chi connectivity index (χ4n) is 8.12. The highest BCUT2D eigenvalue weighted by Gasteiger charge is 2.44. The molecule has 0 bridgehead atoms. The Balaban J connectivity index is 1.19. The minimum atomic E-state index is -2.56. The predicted octanol–water partition coefficient (Wildman–Crippen LogP) is 11.2. The number of rotatable bonds is 3. The van der Waals surface area contributed by atoms with Crippen molar-refractivity contribution >= 4 is 66.3 Å². The summed E-state index contributed by atoms with van der Waals surface area (Å²) in [6, 6.07) is 57.5. The molecule has 2 aliphatic rings. The summed E-state index contributed by atoms with van der Waals surface area (Å²) in [7, 11) is 0. The van der Waals surface area contributed by atoms with Gasteiger partial charge in [-0.15, -0.1) is 0 Å². The van der Waals surface area contributed by atoms with Gasteiger partial charge in [-0.05, 0) is 75.5 Å². The molecule has 8 aromatic carbocycles. The lowest BCUT2D eigenvalue weighted by Crippen LogP contribution is -2.35. The molecule has 3 nitrogen and oxygen atoms in total. The van der Waals surface area contributed by atoms with Gasteiger partial charge in [0.2, 0.25) is 0 Å². The van der Waals surface area contributed by atoms with Crippen molar-refractivity contribution in [3.63, 3.8) is 0 Å². The zero-order valence-corrected chi connectivity index (χ0v) is 29.0. The molecule has 51 heavy (non-hydrogen) atoms. The predicted molar refractivity (Wildman–Crippen MR) is 215 cm³/mol. The summed E-state index contributed by atoms with van der Waals surface area (Å²) in [5.41, 5.74) is 7.93. The molecule has 5 heteroatoms. The Morgan fingerprint density at radius 3 is 1.65 bits per heavy atom. The Labute approximate surface area is 300 Å². The molecule has 11 rings (SSSR count). The highest BCUT2D eigenvalue weighted by molar-refractivity contribution is 8.26. The molecule has 1 atom stereocenters. The van der Waals surface area contributed by atoms with Gasteiger partial charge >= 0.3 is 0 Å². The maximum Gasteiger partial charge on any atom is 0.142 e. The average molecular weight is 690 g/mol. The largest absolute Gasteiger partial charge is 0.456 e. The van der Waals surface area contributed by atoms with Crippen LogP contribution < -0.4 is 25.4 Å². The number of aromatic nitrogens is 1. The molecular weight excluding hydrogens is 662 g/mol. The van der Waals surface area contributed by atoms with Crippen molar-refractivity contribution in [2.45, 2.75) is 0 Å². The zero-order valence-electron chi connectivity index (χ0n) is 27.3. The minimum absolute atomic E-state index is 0.764. The third-order valence-electron chi connectivity index (χ3n) is 10.4.